The monoisotopic (exact) mass is 782 g/mol. The van der Waals surface area contributed by atoms with Gasteiger partial charge < -0.3 is 14.8 Å². The van der Waals surface area contributed by atoms with E-state index in [1.165, 1.54) is 57.8 Å². The molecular weight excluding hydrogens is 711 g/mol. The Balaban J connectivity index is 1.37. The van der Waals surface area contributed by atoms with E-state index in [-0.39, 0.29) is 29.9 Å². The molecule has 9 nitrogen and oxygen atoms in total. The van der Waals surface area contributed by atoms with Crippen molar-refractivity contribution >= 4 is 33.9 Å². The average molecular weight is 782 g/mol. The van der Waals surface area contributed by atoms with Crippen LogP contribution in [0.2, 0.25) is 0 Å². The Bertz CT molecular complexity index is 1500. The maximum absolute atomic E-state index is 14.6. The van der Waals surface area contributed by atoms with Gasteiger partial charge in [0.25, 0.3) is 0 Å². The smallest absolute Gasteiger partial charge is 0.333 e. The molecule has 55 heavy (non-hydrogen) atoms. The highest BCUT2D eigenvalue weighted by Gasteiger charge is 2.44. The van der Waals surface area contributed by atoms with Crippen molar-refractivity contribution in [1.29, 1.82) is 0 Å². The van der Waals surface area contributed by atoms with Gasteiger partial charge in [-0.15, -0.1) is 0 Å². The first-order valence-electron chi connectivity index (χ1n) is 21.6. The first-order valence-corrected chi connectivity index (χ1v) is 22.7. The fourth-order valence-corrected chi connectivity index (χ4v) is 9.87. The van der Waals surface area contributed by atoms with E-state index in [2.05, 4.69) is 47.8 Å². The summed E-state index contributed by atoms with van der Waals surface area (Å²) in [5, 5.41) is 3.81. The topological polar surface area (TPSA) is 107 Å². The molecule has 0 spiro atoms. The van der Waals surface area contributed by atoms with Crippen LogP contribution in [0.1, 0.15) is 154 Å². The standard InChI is InChI=1S/C45H71N3O6S/c1-6-8-9-10-11-12-14-17-20-38(21-18-15-13-16-19-22-43(49)47-28-30-53-45(50)34(3)4)55(51)54-44(42-31-36-26-29-48(42)33-35(36)7-2)39-25-27-46-41-24-23-37(52-5)32-40(39)41/h23-25,27,32,35-36,38,42,44H,3,6-22,26,28-31,33H2,1-2,4-5H3,(H,47,49)/t35-,36-,38?,42-,44+,55?/m0/s1. The van der Waals surface area contributed by atoms with Crippen molar-refractivity contribution in [1.82, 2.24) is 15.2 Å². The molecule has 2 bridgehead atoms. The summed E-state index contributed by atoms with van der Waals surface area (Å²) in [6.45, 7) is 12.3. The number of aromatic nitrogens is 1. The van der Waals surface area contributed by atoms with Gasteiger partial charge in [-0.25, -0.2) is 9.00 Å². The molecule has 4 heterocycles. The molecule has 308 valence electrons. The van der Waals surface area contributed by atoms with Gasteiger partial charge >= 0.3 is 5.97 Å². The van der Waals surface area contributed by atoms with Gasteiger partial charge in [0.05, 0.1) is 24.4 Å². The van der Waals surface area contributed by atoms with Crippen molar-refractivity contribution in [2.24, 2.45) is 11.8 Å². The third-order valence-corrected chi connectivity index (χ3v) is 13.3. The van der Waals surface area contributed by atoms with E-state index in [1.54, 1.807) is 14.0 Å². The molecule has 2 aromatic rings. The molecule has 1 aromatic carbocycles. The number of benzene rings is 1. The highest BCUT2D eigenvalue weighted by Crippen LogP contribution is 2.45. The zero-order valence-electron chi connectivity index (χ0n) is 34.5. The molecule has 0 radical (unpaired) electrons. The molecule has 3 aliphatic heterocycles. The Morgan fingerprint density at radius 1 is 0.982 bits per heavy atom. The van der Waals surface area contributed by atoms with Crippen LogP contribution in [0.3, 0.4) is 0 Å². The van der Waals surface area contributed by atoms with Gasteiger partial charge in [-0.1, -0.05) is 104 Å². The molecule has 1 amide bonds. The van der Waals surface area contributed by atoms with Crippen molar-refractivity contribution in [2.75, 3.05) is 33.4 Å². The number of carbonyl (C=O) groups excluding carboxylic acids is 2. The predicted molar refractivity (Wildman–Crippen MR) is 224 cm³/mol. The van der Waals surface area contributed by atoms with E-state index in [4.69, 9.17) is 13.7 Å². The van der Waals surface area contributed by atoms with Gasteiger partial charge in [-0.3, -0.25) is 18.9 Å². The number of rotatable bonds is 28. The number of nitrogens with zero attached hydrogens (tertiary/aromatic N) is 2. The van der Waals surface area contributed by atoms with Crippen LogP contribution in [0, 0.1) is 11.8 Å². The largest absolute Gasteiger partial charge is 0.497 e. The number of carbonyl (C=O) groups is 2. The zero-order chi connectivity index (χ0) is 39.4. The van der Waals surface area contributed by atoms with Crippen LogP contribution in [-0.4, -0.2) is 70.6 Å². The third kappa shape index (κ3) is 14.6. The summed E-state index contributed by atoms with van der Waals surface area (Å²) in [5.41, 5.74) is 2.31. The number of fused-ring (bicyclic) bond motifs is 4. The van der Waals surface area contributed by atoms with E-state index >= 15 is 0 Å². The number of unbranched alkanes of at least 4 members (excludes halogenated alkanes) is 11. The molecule has 7 atom stereocenters. The number of esters is 1. The van der Waals surface area contributed by atoms with Gasteiger partial charge in [-0.2, -0.15) is 0 Å². The second kappa shape index (κ2) is 24.7. The number of methoxy groups -OCH3 is 1. The Hall–Kier alpha value is -2.82. The number of nitrogens with one attached hydrogen (secondary N) is 1. The molecule has 1 N–H and O–H groups in total. The normalized spacial score (nSPS) is 20.9. The summed E-state index contributed by atoms with van der Waals surface area (Å²) < 4.78 is 32.2. The summed E-state index contributed by atoms with van der Waals surface area (Å²) >= 11 is -1.46. The van der Waals surface area contributed by atoms with Gasteiger partial charge in [0.15, 0.2) is 11.1 Å². The molecule has 3 aliphatic rings. The summed E-state index contributed by atoms with van der Waals surface area (Å²) in [5.74, 6) is 1.72. The van der Waals surface area contributed by atoms with E-state index < -0.39 is 17.0 Å². The van der Waals surface area contributed by atoms with Crippen molar-refractivity contribution in [2.45, 2.75) is 160 Å². The number of hydrogen-bond donors (Lipinski definition) is 1. The summed E-state index contributed by atoms with van der Waals surface area (Å²) in [4.78, 5) is 31.0. The quantitative estimate of drug-likeness (QED) is 0.0517. The molecule has 3 unspecified atom stereocenters. The van der Waals surface area contributed by atoms with Crippen LogP contribution in [-0.2, 0) is 29.6 Å². The number of ether oxygens (including phenoxy) is 2. The molecular formula is C45H71N3O6S. The molecule has 1 aromatic heterocycles. The Labute approximate surface area is 334 Å². The fourth-order valence-electron chi connectivity index (χ4n) is 8.56. The van der Waals surface area contributed by atoms with Gasteiger partial charge in [0.1, 0.15) is 18.5 Å². The maximum Gasteiger partial charge on any atom is 0.333 e. The van der Waals surface area contributed by atoms with Gasteiger partial charge in [0.2, 0.25) is 5.91 Å². The van der Waals surface area contributed by atoms with Crippen molar-refractivity contribution in [3.05, 3.63) is 48.2 Å². The molecule has 10 heteroatoms. The second-order valence-electron chi connectivity index (χ2n) is 16.0. The SMILES string of the molecule is C=C(C)C(=O)OCCNC(=O)CCCCCCCC(CCCCCCCCCC)S(=O)O[C@H](c1ccnc2ccc(OC)cc12)[C@@H]1C[C@@H]2CCN1C[C@@H]2CC. The minimum absolute atomic E-state index is 0.0193. The summed E-state index contributed by atoms with van der Waals surface area (Å²) in [6, 6.07) is 8.28. The number of pyridine rings is 1. The van der Waals surface area contributed by atoms with Crippen LogP contribution in [0.4, 0.5) is 0 Å². The minimum Gasteiger partial charge on any atom is -0.497 e. The molecule has 5 rings (SSSR count). The highest BCUT2D eigenvalue weighted by atomic mass is 32.2. The van der Waals surface area contributed by atoms with E-state index in [9.17, 15) is 13.8 Å². The van der Waals surface area contributed by atoms with Crippen LogP contribution in [0.15, 0.2) is 42.6 Å². The van der Waals surface area contributed by atoms with E-state index in [0.717, 1.165) is 93.1 Å². The number of hydrogen-bond acceptors (Lipinski definition) is 8. The fraction of sp³-hybridized carbons (Fsp3) is 0.711. The molecule has 0 saturated carbocycles. The van der Waals surface area contributed by atoms with Crippen LogP contribution >= 0.6 is 0 Å². The predicted octanol–water partition coefficient (Wildman–Crippen LogP) is 9.95. The van der Waals surface area contributed by atoms with Crippen molar-refractivity contribution in [3.63, 3.8) is 0 Å². The highest BCUT2D eigenvalue weighted by molar-refractivity contribution is 7.80. The van der Waals surface area contributed by atoms with Gasteiger partial charge in [-0.05, 0) is 87.2 Å². The van der Waals surface area contributed by atoms with E-state index in [1.807, 2.05) is 18.3 Å². The van der Waals surface area contributed by atoms with E-state index in [0.29, 0.717) is 30.4 Å². The van der Waals surface area contributed by atoms with Crippen LogP contribution in [0.25, 0.3) is 10.9 Å². The summed E-state index contributed by atoms with van der Waals surface area (Å²) in [6.07, 6.45) is 22.1. The lowest BCUT2D eigenvalue weighted by atomic mass is 9.72. The first-order chi connectivity index (χ1) is 26.7. The van der Waals surface area contributed by atoms with Crippen molar-refractivity contribution < 1.29 is 27.5 Å². The Kier molecular flexibility index (Phi) is 20.2. The lowest BCUT2D eigenvalue weighted by Gasteiger charge is -2.52. The van der Waals surface area contributed by atoms with Gasteiger partial charge in [0, 0.05) is 36.2 Å². The minimum atomic E-state index is -1.46. The Morgan fingerprint density at radius 3 is 2.31 bits per heavy atom. The average Bonchev–Trinajstić information content (AvgIpc) is 3.20. The second-order valence-corrected chi connectivity index (χ2v) is 17.4. The van der Waals surface area contributed by atoms with Crippen LogP contribution < -0.4 is 10.1 Å². The summed E-state index contributed by atoms with van der Waals surface area (Å²) in [7, 11) is 1.69. The maximum atomic E-state index is 14.6. The Morgan fingerprint density at radius 2 is 1.67 bits per heavy atom. The molecule has 0 aliphatic carbocycles. The lowest BCUT2D eigenvalue weighted by Crippen LogP contribution is -2.55. The third-order valence-electron chi connectivity index (χ3n) is 11.9. The number of piperidine rings is 3. The first kappa shape index (κ1) is 44.9. The van der Waals surface area contributed by atoms with Crippen molar-refractivity contribution in [3.8, 4) is 5.75 Å². The molecule has 3 saturated heterocycles. The molecule has 3 fully saturated rings. The lowest BCUT2D eigenvalue weighted by molar-refractivity contribution is -0.139. The van der Waals surface area contributed by atoms with Crippen LogP contribution in [0.5, 0.6) is 5.75 Å². The zero-order valence-corrected chi connectivity index (χ0v) is 35.3. The number of amides is 1.